The van der Waals surface area contributed by atoms with E-state index in [4.69, 9.17) is 20.4 Å². The number of aryl methyl sites for hydroxylation is 1. The Kier molecular flexibility index (Phi) is 3.44. The summed E-state index contributed by atoms with van der Waals surface area (Å²) in [5, 5.41) is 9.52. The second-order valence-corrected chi connectivity index (χ2v) is 7.70. The molecular formula is C16H17N5O3S. The molecule has 2 aliphatic rings. The highest BCUT2D eigenvalue weighted by atomic mass is 32.2. The van der Waals surface area contributed by atoms with Crippen LogP contribution in [0.1, 0.15) is 39.7 Å². The molecule has 2 heterocycles. The van der Waals surface area contributed by atoms with E-state index in [1.54, 1.807) is 0 Å². The first-order valence-corrected chi connectivity index (χ1v) is 9.40. The lowest BCUT2D eigenvalue weighted by atomic mass is 9.97. The van der Waals surface area contributed by atoms with E-state index in [0.29, 0.717) is 13.0 Å². The number of rotatable bonds is 3. The third kappa shape index (κ3) is 2.52. The molecule has 5 N–H and O–H groups in total. The van der Waals surface area contributed by atoms with Crippen molar-refractivity contribution in [2.75, 3.05) is 0 Å². The van der Waals surface area contributed by atoms with E-state index >= 15 is 0 Å². The van der Waals surface area contributed by atoms with Crippen LogP contribution in [0.3, 0.4) is 0 Å². The minimum absolute atomic E-state index is 0.0899. The molecule has 1 amide bonds. The van der Waals surface area contributed by atoms with Gasteiger partial charge in [0.05, 0.1) is 0 Å². The van der Waals surface area contributed by atoms with Crippen LogP contribution in [0, 0.1) is 4.78 Å². The highest BCUT2D eigenvalue weighted by Crippen LogP contribution is 2.39. The second kappa shape index (κ2) is 5.43. The number of fused-ring (bicyclic) bond motifs is 2. The third-order valence-electron chi connectivity index (χ3n) is 4.46. The van der Waals surface area contributed by atoms with Gasteiger partial charge in [-0.05, 0) is 23.1 Å². The normalized spacial score (nSPS) is 20.4. The lowest BCUT2D eigenvalue weighted by molar-refractivity contribution is 0.0992. The fraction of sp³-hybridized carbons (Fsp3) is 0.250. The van der Waals surface area contributed by atoms with Gasteiger partial charge in [-0.25, -0.2) is 18.8 Å². The van der Waals surface area contributed by atoms with Crippen molar-refractivity contribution < 1.29 is 13.7 Å². The Labute approximate surface area is 144 Å². The van der Waals surface area contributed by atoms with Crippen LogP contribution >= 0.6 is 0 Å². The van der Waals surface area contributed by atoms with Crippen LogP contribution < -0.4 is 15.6 Å². The zero-order chi connectivity index (χ0) is 17.8. The van der Waals surface area contributed by atoms with Crippen molar-refractivity contribution in [3.05, 3.63) is 46.7 Å². The quantitative estimate of drug-likeness (QED) is 0.761. The minimum Gasteiger partial charge on any atom is -0.469 e. The van der Waals surface area contributed by atoms with Gasteiger partial charge >= 0.3 is 0 Å². The molecule has 0 bridgehead atoms. The molecule has 9 heteroatoms. The average Bonchev–Trinajstić information content (AvgIpc) is 3.17. The summed E-state index contributed by atoms with van der Waals surface area (Å²) >= 11 is 0. The second-order valence-electron chi connectivity index (χ2n) is 6.09. The van der Waals surface area contributed by atoms with Gasteiger partial charge in [0.15, 0.2) is 10.6 Å². The van der Waals surface area contributed by atoms with Crippen molar-refractivity contribution >= 4 is 21.9 Å². The number of nitrogens with zero attached hydrogens (tertiary/aromatic N) is 2. The first-order valence-electron chi connectivity index (χ1n) is 7.78. The van der Waals surface area contributed by atoms with Crippen molar-refractivity contribution in [1.82, 2.24) is 9.78 Å². The molecule has 2 aromatic rings. The number of carbonyl (C=O) groups is 1. The average molecular weight is 359 g/mol. The van der Waals surface area contributed by atoms with Crippen molar-refractivity contribution in [3.8, 4) is 5.88 Å². The Morgan fingerprint density at radius 3 is 2.96 bits per heavy atom. The number of allylic oxidation sites excluding steroid dienone is 1. The monoisotopic (exact) mass is 359 g/mol. The standard InChI is InChI=1S/C16H17N5O3S/c17-15(22)13-14(25(18,19)23)16-21(20-13)8-7-12(24-16)11-6-2-4-9-3-1-5-10(9)11/h1-2,4-6,12H,3,7-8H2,(H2,17,22)(H3,18,19,23). The molecule has 130 valence electrons. The smallest absolute Gasteiger partial charge is 0.270 e. The third-order valence-corrected chi connectivity index (χ3v) is 5.43. The van der Waals surface area contributed by atoms with E-state index in [2.05, 4.69) is 23.3 Å². The molecule has 0 radical (unpaired) electrons. The molecule has 1 aliphatic carbocycles. The molecule has 4 rings (SSSR count). The number of ether oxygens (including phenoxy) is 1. The van der Waals surface area contributed by atoms with Crippen LogP contribution in [-0.4, -0.2) is 19.9 Å². The number of carbonyl (C=O) groups excluding carboxylic acids is 1. The van der Waals surface area contributed by atoms with Gasteiger partial charge in [-0.2, -0.15) is 5.10 Å². The molecule has 2 unspecified atom stereocenters. The highest BCUT2D eigenvalue weighted by molar-refractivity contribution is 7.90. The predicted octanol–water partition coefficient (Wildman–Crippen LogP) is 1.35. The lowest BCUT2D eigenvalue weighted by Gasteiger charge is -2.27. The Balaban J connectivity index is 1.81. The molecule has 2 atom stereocenters. The fourth-order valence-electron chi connectivity index (χ4n) is 3.38. The van der Waals surface area contributed by atoms with E-state index in [-0.39, 0.29) is 22.6 Å². The Morgan fingerprint density at radius 2 is 2.24 bits per heavy atom. The molecule has 0 spiro atoms. The topological polar surface area (TPSA) is 137 Å². The maximum Gasteiger partial charge on any atom is 0.270 e. The Hall–Kier alpha value is -2.65. The molecule has 25 heavy (non-hydrogen) atoms. The number of hydrogen-bond donors (Lipinski definition) is 3. The number of benzene rings is 1. The van der Waals surface area contributed by atoms with Crippen molar-refractivity contribution in [2.45, 2.75) is 30.4 Å². The number of nitrogens with two attached hydrogens (primary N) is 2. The number of aromatic nitrogens is 2. The molecule has 0 fully saturated rings. The van der Waals surface area contributed by atoms with Gasteiger partial charge in [-0.1, -0.05) is 30.4 Å². The minimum atomic E-state index is -3.72. The summed E-state index contributed by atoms with van der Waals surface area (Å²) in [5.74, 6) is -0.793. The van der Waals surface area contributed by atoms with Gasteiger partial charge in [0.1, 0.15) is 16.0 Å². The summed E-state index contributed by atoms with van der Waals surface area (Å²) in [4.78, 5) is 11.4. The molecule has 0 saturated carbocycles. The predicted molar refractivity (Wildman–Crippen MR) is 91.2 cm³/mol. The van der Waals surface area contributed by atoms with E-state index in [9.17, 15) is 9.00 Å². The van der Waals surface area contributed by atoms with Crippen LogP contribution in [-0.2, 0) is 22.9 Å². The maximum atomic E-state index is 12.2. The molecular weight excluding hydrogens is 342 g/mol. The van der Waals surface area contributed by atoms with Crippen molar-refractivity contribution in [1.29, 1.82) is 4.78 Å². The van der Waals surface area contributed by atoms with Gasteiger partial charge < -0.3 is 10.5 Å². The van der Waals surface area contributed by atoms with Gasteiger partial charge in [0.2, 0.25) is 5.88 Å². The van der Waals surface area contributed by atoms with Gasteiger partial charge in [-0.15, -0.1) is 0 Å². The molecule has 0 saturated heterocycles. The number of amides is 1. The summed E-state index contributed by atoms with van der Waals surface area (Å²) in [6.45, 7) is 0.448. The van der Waals surface area contributed by atoms with Gasteiger partial charge in [0, 0.05) is 13.0 Å². The molecule has 8 nitrogen and oxygen atoms in total. The van der Waals surface area contributed by atoms with E-state index in [1.807, 2.05) is 12.1 Å². The Morgan fingerprint density at radius 1 is 1.44 bits per heavy atom. The van der Waals surface area contributed by atoms with Crippen molar-refractivity contribution in [3.63, 3.8) is 0 Å². The first kappa shape index (κ1) is 15.9. The summed E-state index contributed by atoms with van der Waals surface area (Å²) in [7, 11) is -3.72. The van der Waals surface area contributed by atoms with Gasteiger partial charge in [-0.3, -0.25) is 4.79 Å². The zero-order valence-electron chi connectivity index (χ0n) is 13.3. The van der Waals surface area contributed by atoms with Crippen LogP contribution in [0.25, 0.3) is 6.08 Å². The number of primary amides is 1. The molecule has 1 aliphatic heterocycles. The highest BCUT2D eigenvalue weighted by Gasteiger charge is 2.34. The van der Waals surface area contributed by atoms with E-state index in [1.165, 1.54) is 10.2 Å². The summed E-state index contributed by atoms with van der Waals surface area (Å²) < 4.78 is 27.3. The SMILES string of the molecule is N=S(N)(=O)c1c(C(N)=O)nn2c1OC(c1cccc3c1C=CC3)CC2. The zero-order valence-corrected chi connectivity index (χ0v) is 14.1. The lowest BCUT2D eigenvalue weighted by Crippen LogP contribution is -2.22. The first-order chi connectivity index (χ1) is 11.9. The Bertz CT molecular complexity index is 1020. The number of hydrogen-bond acceptors (Lipinski definition) is 5. The van der Waals surface area contributed by atoms with Gasteiger partial charge in [0.25, 0.3) is 5.91 Å². The number of nitrogens with one attached hydrogen (secondary N) is 1. The summed E-state index contributed by atoms with van der Waals surface area (Å²) in [5.41, 5.74) is 8.39. The van der Waals surface area contributed by atoms with E-state index < -0.39 is 15.8 Å². The molecule has 1 aromatic carbocycles. The molecule has 1 aromatic heterocycles. The van der Waals surface area contributed by atoms with Crippen LogP contribution in [0.15, 0.2) is 29.2 Å². The van der Waals surface area contributed by atoms with E-state index in [0.717, 1.165) is 17.5 Å². The summed E-state index contributed by atoms with van der Waals surface area (Å²) in [6, 6.07) is 6.03. The largest absolute Gasteiger partial charge is 0.469 e. The fourth-order valence-corrected chi connectivity index (χ4v) is 4.22. The van der Waals surface area contributed by atoms with Crippen molar-refractivity contribution in [2.24, 2.45) is 10.9 Å². The van der Waals surface area contributed by atoms with Crippen LogP contribution in [0.4, 0.5) is 0 Å². The van der Waals surface area contributed by atoms with Crippen LogP contribution in [0.5, 0.6) is 5.88 Å². The van der Waals surface area contributed by atoms with Crippen LogP contribution in [0.2, 0.25) is 0 Å². The maximum absolute atomic E-state index is 12.2. The summed E-state index contributed by atoms with van der Waals surface area (Å²) in [6.07, 6.45) is 5.36.